The molecule has 0 atom stereocenters. The summed E-state index contributed by atoms with van der Waals surface area (Å²) in [4.78, 5) is 0. The largest absolute Gasteiger partial charge is 0.507 e. The Kier molecular flexibility index (Phi) is 11.6. The van der Waals surface area contributed by atoms with E-state index in [1.807, 2.05) is 0 Å². The highest BCUT2D eigenvalue weighted by molar-refractivity contribution is 6.03. The van der Waals surface area contributed by atoms with E-state index < -0.39 is 0 Å². The molecule has 0 fully saturated rings. The minimum Gasteiger partial charge on any atom is -0.507 e. The number of ether oxygens (including phenoxy) is 2. The first-order chi connectivity index (χ1) is 16.5. The van der Waals surface area contributed by atoms with Gasteiger partial charge in [-0.1, -0.05) is 48.8 Å². The van der Waals surface area contributed by atoms with Crippen LogP contribution in [0.2, 0.25) is 0 Å². The first-order valence-corrected chi connectivity index (χ1v) is 11.7. The second kappa shape index (κ2) is 14.7. The maximum atomic E-state index is 10.0. The molecule has 186 valence electrons. The highest BCUT2D eigenvalue weighted by Crippen LogP contribution is 2.26. The summed E-state index contributed by atoms with van der Waals surface area (Å²) in [5, 5.41) is 45.5. The number of phenolic OH excluding ortho intramolecular Hbond substituents is 2. The Labute approximate surface area is 201 Å². The van der Waals surface area contributed by atoms with Crippen LogP contribution in [0.15, 0.2) is 46.7 Å². The molecule has 0 radical (unpaired) electrons. The van der Waals surface area contributed by atoms with Crippen LogP contribution in [-0.2, 0) is 0 Å². The molecule has 8 nitrogen and oxygen atoms in total. The fraction of sp³-hybridized carbons (Fsp3) is 0.462. The zero-order valence-electron chi connectivity index (χ0n) is 20.0. The van der Waals surface area contributed by atoms with Gasteiger partial charge in [0, 0.05) is 11.1 Å². The molecule has 0 amide bonds. The standard InChI is InChI=1S/C26H36N2O6/c1-33-19-13-15-25(29)21(17-19)23(27-31)11-9-7-5-3-4-6-8-10-12-24(28-32)22-18-20(34-2)14-16-26(22)30/h13-18,29-32H,3-12H2,1-2H3. The number of hydrogen-bond acceptors (Lipinski definition) is 8. The van der Waals surface area contributed by atoms with Gasteiger partial charge >= 0.3 is 0 Å². The summed E-state index contributed by atoms with van der Waals surface area (Å²) in [5.74, 6) is 1.35. The first-order valence-electron chi connectivity index (χ1n) is 11.7. The van der Waals surface area contributed by atoms with Crippen LogP contribution in [0.4, 0.5) is 0 Å². The third-order valence-electron chi connectivity index (χ3n) is 5.85. The first kappa shape index (κ1) is 26.8. The zero-order chi connectivity index (χ0) is 24.8. The van der Waals surface area contributed by atoms with Gasteiger partial charge in [0.1, 0.15) is 23.0 Å². The molecule has 0 aliphatic carbocycles. The lowest BCUT2D eigenvalue weighted by Gasteiger charge is -2.09. The second-order valence-corrected chi connectivity index (χ2v) is 8.19. The van der Waals surface area contributed by atoms with Gasteiger partial charge in [0.05, 0.1) is 25.6 Å². The molecular formula is C26H36N2O6. The van der Waals surface area contributed by atoms with Gasteiger partial charge in [0.25, 0.3) is 0 Å². The van der Waals surface area contributed by atoms with Crippen LogP contribution in [0, 0.1) is 0 Å². The Morgan fingerprint density at radius 1 is 0.618 bits per heavy atom. The van der Waals surface area contributed by atoms with Crippen LogP contribution in [0.5, 0.6) is 23.0 Å². The van der Waals surface area contributed by atoms with E-state index in [0.29, 0.717) is 46.9 Å². The molecule has 0 unspecified atom stereocenters. The van der Waals surface area contributed by atoms with Crippen molar-refractivity contribution in [3.05, 3.63) is 47.5 Å². The molecule has 4 N–H and O–H groups in total. The van der Waals surface area contributed by atoms with Crippen molar-refractivity contribution in [1.82, 2.24) is 0 Å². The van der Waals surface area contributed by atoms with Crippen molar-refractivity contribution < 1.29 is 30.1 Å². The molecule has 0 saturated carbocycles. The van der Waals surface area contributed by atoms with Crippen molar-refractivity contribution in [1.29, 1.82) is 0 Å². The number of nitrogens with zero attached hydrogens (tertiary/aromatic N) is 2. The van der Waals surface area contributed by atoms with E-state index in [1.165, 1.54) is 12.1 Å². The van der Waals surface area contributed by atoms with Crippen molar-refractivity contribution in [2.45, 2.75) is 64.2 Å². The van der Waals surface area contributed by atoms with Gasteiger partial charge in [-0.2, -0.15) is 0 Å². The normalized spacial score (nSPS) is 12.1. The summed E-state index contributed by atoms with van der Waals surface area (Å²) in [6.45, 7) is 0. The monoisotopic (exact) mass is 472 g/mol. The average molecular weight is 473 g/mol. The molecule has 34 heavy (non-hydrogen) atoms. The molecule has 2 aromatic rings. The maximum absolute atomic E-state index is 10.0. The number of benzene rings is 2. The molecule has 0 saturated heterocycles. The lowest BCUT2D eigenvalue weighted by atomic mass is 10.00. The molecule has 0 bridgehead atoms. The van der Waals surface area contributed by atoms with Crippen LogP contribution in [0.25, 0.3) is 0 Å². The molecule has 0 heterocycles. The maximum Gasteiger partial charge on any atom is 0.125 e. The Balaban J connectivity index is 1.61. The predicted octanol–water partition coefficient (Wildman–Crippen LogP) is 6.07. The van der Waals surface area contributed by atoms with E-state index in [9.17, 15) is 20.6 Å². The van der Waals surface area contributed by atoms with Crippen LogP contribution in [-0.4, -0.2) is 46.3 Å². The van der Waals surface area contributed by atoms with Crippen LogP contribution in [0.1, 0.15) is 75.3 Å². The van der Waals surface area contributed by atoms with Gasteiger partial charge in [-0.3, -0.25) is 0 Å². The number of phenols is 2. The van der Waals surface area contributed by atoms with Gasteiger partial charge in [-0.15, -0.1) is 0 Å². The van der Waals surface area contributed by atoms with Gasteiger partial charge in [0.2, 0.25) is 0 Å². The lowest BCUT2D eigenvalue weighted by molar-refractivity contribution is 0.317. The third-order valence-corrected chi connectivity index (χ3v) is 5.85. The van der Waals surface area contributed by atoms with Crippen LogP contribution in [0.3, 0.4) is 0 Å². The summed E-state index contributed by atoms with van der Waals surface area (Å²) >= 11 is 0. The van der Waals surface area contributed by atoms with E-state index in [2.05, 4.69) is 10.3 Å². The summed E-state index contributed by atoms with van der Waals surface area (Å²) in [5.41, 5.74) is 1.91. The summed E-state index contributed by atoms with van der Waals surface area (Å²) in [7, 11) is 3.10. The molecular weight excluding hydrogens is 436 g/mol. The molecule has 0 aliphatic rings. The van der Waals surface area contributed by atoms with Crippen molar-refractivity contribution >= 4 is 11.4 Å². The second-order valence-electron chi connectivity index (χ2n) is 8.19. The Bertz CT molecular complexity index is 881. The number of rotatable bonds is 15. The van der Waals surface area contributed by atoms with Crippen molar-refractivity contribution in [2.75, 3.05) is 14.2 Å². The van der Waals surface area contributed by atoms with Crippen molar-refractivity contribution in [2.24, 2.45) is 10.3 Å². The number of hydrogen-bond donors (Lipinski definition) is 4. The number of oxime groups is 2. The Morgan fingerprint density at radius 3 is 1.29 bits per heavy atom. The molecule has 2 rings (SSSR count). The highest BCUT2D eigenvalue weighted by Gasteiger charge is 2.12. The average Bonchev–Trinajstić information content (AvgIpc) is 2.86. The fourth-order valence-corrected chi connectivity index (χ4v) is 3.87. The van der Waals surface area contributed by atoms with Crippen LogP contribution >= 0.6 is 0 Å². The van der Waals surface area contributed by atoms with Crippen LogP contribution < -0.4 is 9.47 Å². The summed E-state index contributed by atoms with van der Waals surface area (Å²) < 4.78 is 10.4. The molecule has 2 aromatic carbocycles. The zero-order valence-corrected chi connectivity index (χ0v) is 20.0. The topological polar surface area (TPSA) is 124 Å². The van der Waals surface area contributed by atoms with Gasteiger partial charge < -0.3 is 30.1 Å². The fourth-order valence-electron chi connectivity index (χ4n) is 3.87. The van der Waals surface area contributed by atoms with E-state index in [4.69, 9.17) is 9.47 Å². The molecule has 0 spiro atoms. The van der Waals surface area contributed by atoms with Gasteiger partial charge in [0.15, 0.2) is 0 Å². The summed E-state index contributed by atoms with van der Waals surface area (Å²) in [6, 6.07) is 9.74. The smallest absolute Gasteiger partial charge is 0.125 e. The minimum absolute atomic E-state index is 0.0737. The molecule has 0 aromatic heterocycles. The number of unbranched alkanes of at least 4 members (excludes halogenated alkanes) is 7. The van der Waals surface area contributed by atoms with Crippen molar-refractivity contribution in [3.8, 4) is 23.0 Å². The van der Waals surface area contributed by atoms with Gasteiger partial charge in [-0.05, 0) is 62.1 Å². The van der Waals surface area contributed by atoms with E-state index >= 15 is 0 Å². The number of methoxy groups -OCH3 is 2. The molecule has 0 aliphatic heterocycles. The van der Waals surface area contributed by atoms with Crippen molar-refractivity contribution in [3.63, 3.8) is 0 Å². The predicted molar refractivity (Wildman–Crippen MR) is 132 cm³/mol. The SMILES string of the molecule is COc1ccc(O)c(C(CCCCCCCCCCC(=NO)c2cc(OC)ccc2O)=NO)c1. The van der Waals surface area contributed by atoms with Gasteiger partial charge in [-0.25, -0.2) is 0 Å². The Hall–Kier alpha value is -3.42. The number of aromatic hydroxyl groups is 2. The van der Waals surface area contributed by atoms with E-state index in [0.717, 1.165) is 51.4 Å². The highest BCUT2D eigenvalue weighted by atomic mass is 16.5. The van der Waals surface area contributed by atoms with E-state index in [-0.39, 0.29) is 11.5 Å². The van der Waals surface area contributed by atoms with E-state index in [1.54, 1.807) is 38.5 Å². The summed E-state index contributed by atoms with van der Waals surface area (Å²) in [6.07, 6.45) is 9.34. The Morgan fingerprint density at radius 2 is 0.971 bits per heavy atom. The lowest BCUT2D eigenvalue weighted by Crippen LogP contribution is -2.02. The molecule has 8 heteroatoms. The third kappa shape index (κ3) is 8.17. The quantitative estimate of drug-likeness (QED) is 0.108. The minimum atomic E-state index is 0.0737.